The summed E-state index contributed by atoms with van der Waals surface area (Å²) in [6.07, 6.45) is 14.9. The Morgan fingerprint density at radius 1 is 1.04 bits per heavy atom. The zero-order valence-electron chi connectivity index (χ0n) is 18.6. The summed E-state index contributed by atoms with van der Waals surface area (Å²) in [5, 5.41) is 7.20. The fraction of sp³-hybridized carbons (Fsp3) is 0.840. The molecule has 2 N–H and O–H groups in total. The summed E-state index contributed by atoms with van der Waals surface area (Å²) in [5.74, 6) is 3.28. The van der Waals surface area contributed by atoms with E-state index >= 15 is 0 Å². The van der Waals surface area contributed by atoms with Gasteiger partial charge in [-0.25, -0.2) is 0 Å². The van der Waals surface area contributed by atoms with Crippen LogP contribution in [0.15, 0.2) is 23.3 Å². The highest BCUT2D eigenvalue weighted by Gasteiger charge is 2.53. The van der Waals surface area contributed by atoms with Crippen LogP contribution in [0.3, 0.4) is 0 Å². The zero-order chi connectivity index (χ0) is 19.4. The summed E-state index contributed by atoms with van der Waals surface area (Å²) in [4.78, 5) is 0. The Bertz CT molecular complexity index is 630. The molecule has 0 spiro atoms. The quantitative estimate of drug-likeness (QED) is 0.703. The Kier molecular flexibility index (Phi) is 5.13. The molecular weight excluding hydrogens is 328 g/mol. The van der Waals surface area contributed by atoms with E-state index in [1.165, 1.54) is 44.9 Å². The molecule has 2 fully saturated rings. The molecule has 2 nitrogen and oxygen atoms in total. The molecule has 4 aliphatic rings. The van der Waals surface area contributed by atoms with Crippen molar-refractivity contribution in [3.8, 4) is 0 Å². The molecule has 4 rings (SSSR count). The molecule has 0 aliphatic heterocycles. The first-order chi connectivity index (χ1) is 12.8. The summed E-state index contributed by atoms with van der Waals surface area (Å²) in [5.41, 5.74) is 4.34. The van der Waals surface area contributed by atoms with Gasteiger partial charge in [-0.05, 0) is 106 Å². The lowest BCUT2D eigenvalue weighted by molar-refractivity contribution is 0.0820. The van der Waals surface area contributed by atoms with Crippen LogP contribution in [0.4, 0.5) is 0 Å². The van der Waals surface area contributed by atoms with Crippen molar-refractivity contribution in [1.82, 2.24) is 10.6 Å². The van der Waals surface area contributed by atoms with Crippen molar-refractivity contribution in [3.63, 3.8) is 0 Å². The Balaban J connectivity index is 1.63. The molecule has 7 atom stereocenters. The van der Waals surface area contributed by atoms with E-state index < -0.39 is 0 Å². The summed E-state index contributed by atoms with van der Waals surface area (Å²) < 4.78 is 0. The molecule has 0 aromatic carbocycles. The molecule has 2 saturated carbocycles. The van der Waals surface area contributed by atoms with Gasteiger partial charge in [-0.15, -0.1) is 0 Å². The lowest BCUT2D eigenvalue weighted by atomic mass is 9.59. The van der Waals surface area contributed by atoms with Crippen LogP contribution in [0, 0.1) is 34.5 Å². The monoisotopic (exact) mass is 370 g/mol. The SMILES string of the molecule is CN[C@@H](C)[C@H]1CC[C@H]2[C@@H]3CC[C@@H]4C(=CC3=CC[C@]12C)CC[C@H](NC)C4(C)C. The van der Waals surface area contributed by atoms with E-state index in [4.69, 9.17) is 0 Å². The second kappa shape index (κ2) is 7.02. The largest absolute Gasteiger partial charge is 0.317 e. The fourth-order valence-electron chi connectivity index (χ4n) is 7.92. The third-order valence-corrected chi connectivity index (χ3v) is 9.67. The van der Waals surface area contributed by atoms with Gasteiger partial charge in [0, 0.05) is 12.1 Å². The predicted octanol–water partition coefficient (Wildman–Crippen LogP) is 5.32. The van der Waals surface area contributed by atoms with E-state index in [9.17, 15) is 0 Å². The van der Waals surface area contributed by atoms with E-state index in [0.29, 0.717) is 22.9 Å². The second-order valence-electron chi connectivity index (χ2n) is 10.9. The van der Waals surface area contributed by atoms with E-state index in [1.54, 1.807) is 11.1 Å². The Morgan fingerprint density at radius 3 is 2.52 bits per heavy atom. The van der Waals surface area contributed by atoms with Crippen LogP contribution in [-0.2, 0) is 0 Å². The molecule has 0 radical (unpaired) electrons. The van der Waals surface area contributed by atoms with Crippen LogP contribution in [0.2, 0.25) is 0 Å². The molecule has 152 valence electrons. The molecule has 0 bridgehead atoms. The van der Waals surface area contributed by atoms with Crippen molar-refractivity contribution < 1.29 is 0 Å². The van der Waals surface area contributed by atoms with E-state index in [2.05, 4.69) is 64.6 Å². The van der Waals surface area contributed by atoms with Crippen LogP contribution < -0.4 is 10.6 Å². The highest BCUT2D eigenvalue weighted by Crippen LogP contribution is 2.61. The normalized spacial score (nSPS) is 44.3. The number of fused-ring (bicyclic) bond motifs is 4. The van der Waals surface area contributed by atoms with Crippen molar-refractivity contribution in [2.75, 3.05) is 14.1 Å². The standard InChI is InChI=1S/C25H42N2/c1-16(26-5)20-10-11-22-19-8-9-21-18(7-12-23(27-6)24(21,2)3)15-17(19)13-14-25(20,22)4/h13,15-16,19-23,26-27H,7-12,14H2,1-6H3/t16-,19+,20+,21+,22-,23-,25+/m0/s1. The third-order valence-electron chi connectivity index (χ3n) is 9.67. The highest BCUT2D eigenvalue weighted by molar-refractivity contribution is 5.35. The minimum Gasteiger partial charge on any atom is -0.317 e. The number of allylic oxidation sites excluding steroid dienone is 4. The molecule has 0 aromatic rings. The Labute approximate surface area is 167 Å². The number of rotatable bonds is 3. The minimum absolute atomic E-state index is 0.370. The fourth-order valence-corrected chi connectivity index (χ4v) is 7.92. The van der Waals surface area contributed by atoms with Gasteiger partial charge in [0.15, 0.2) is 0 Å². The smallest absolute Gasteiger partial charge is 0.0124 e. The van der Waals surface area contributed by atoms with Crippen LogP contribution in [0.5, 0.6) is 0 Å². The third kappa shape index (κ3) is 2.97. The first kappa shape index (κ1) is 19.7. The van der Waals surface area contributed by atoms with Crippen molar-refractivity contribution in [2.45, 2.75) is 84.7 Å². The van der Waals surface area contributed by atoms with Gasteiger partial charge in [-0.3, -0.25) is 0 Å². The summed E-state index contributed by atoms with van der Waals surface area (Å²) >= 11 is 0. The zero-order valence-corrected chi connectivity index (χ0v) is 18.6. The maximum Gasteiger partial charge on any atom is 0.0124 e. The number of hydrogen-bond donors (Lipinski definition) is 2. The van der Waals surface area contributed by atoms with Crippen LogP contribution >= 0.6 is 0 Å². The van der Waals surface area contributed by atoms with Crippen LogP contribution in [0.1, 0.15) is 72.6 Å². The van der Waals surface area contributed by atoms with Gasteiger partial charge in [0.1, 0.15) is 0 Å². The summed E-state index contributed by atoms with van der Waals surface area (Å²) in [7, 11) is 4.31. The van der Waals surface area contributed by atoms with Crippen molar-refractivity contribution in [2.24, 2.45) is 34.5 Å². The summed E-state index contributed by atoms with van der Waals surface area (Å²) in [6, 6.07) is 1.29. The topological polar surface area (TPSA) is 24.1 Å². The maximum atomic E-state index is 3.63. The number of nitrogens with one attached hydrogen (secondary N) is 2. The van der Waals surface area contributed by atoms with Crippen LogP contribution in [-0.4, -0.2) is 26.2 Å². The lowest BCUT2D eigenvalue weighted by Crippen LogP contribution is -2.48. The maximum absolute atomic E-state index is 3.63. The van der Waals surface area contributed by atoms with Gasteiger partial charge in [-0.1, -0.05) is 38.5 Å². The van der Waals surface area contributed by atoms with Gasteiger partial charge in [0.2, 0.25) is 0 Å². The average Bonchev–Trinajstić information content (AvgIpc) is 2.86. The molecule has 0 saturated heterocycles. The minimum atomic E-state index is 0.370. The first-order valence-electron chi connectivity index (χ1n) is 11.6. The van der Waals surface area contributed by atoms with Crippen molar-refractivity contribution in [3.05, 3.63) is 23.3 Å². The van der Waals surface area contributed by atoms with E-state index in [0.717, 1.165) is 23.7 Å². The Hall–Kier alpha value is -0.600. The van der Waals surface area contributed by atoms with E-state index in [1.807, 2.05) is 0 Å². The molecule has 4 aliphatic carbocycles. The highest BCUT2D eigenvalue weighted by atomic mass is 14.9. The summed E-state index contributed by atoms with van der Waals surface area (Å²) in [6.45, 7) is 10.0. The average molecular weight is 371 g/mol. The van der Waals surface area contributed by atoms with Gasteiger partial charge in [0.05, 0.1) is 0 Å². The Morgan fingerprint density at radius 2 is 1.81 bits per heavy atom. The first-order valence-corrected chi connectivity index (χ1v) is 11.6. The molecule has 27 heavy (non-hydrogen) atoms. The second-order valence-corrected chi connectivity index (χ2v) is 10.9. The van der Waals surface area contributed by atoms with E-state index in [-0.39, 0.29) is 0 Å². The predicted molar refractivity (Wildman–Crippen MR) is 116 cm³/mol. The van der Waals surface area contributed by atoms with Gasteiger partial charge in [-0.2, -0.15) is 0 Å². The lowest BCUT2D eigenvalue weighted by Gasteiger charge is -2.47. The number of hydrogen-bond acceptors (Lipinski definition) is 2. The van der Waals surface area contributed by atoms with Crippen molar-refractivity contribution >= 4 is 0 Å². The molecular formula is C25H42N2. The molecule has 0 unspecified atom stereocenters. The van der Waals surface area contributed by atoms with Gasteiger partial charge in [0.25, 0.3) is 0 Å². The molecule has 0 amide bonds. The molecule has 2 heteroatoms. The van der Waals surface area contributed by atoms with Crippen molar-refractivity contribution in [1.29, 1.82) is 0 Å². The van der Waals surface area contributed by atoms with Gasteiger partial charge >= 0.3 is 0 Å². The molecule has 0 heterocycles. The molecule has 0 aromatic heterocycles. The van der Waals surface area contributed by atoms with Crippen LogP contribution in [0.25, 0.3) is 0 Å². The van der Waals surface area contributed by atoms with Gasteiger partial charge < -0.3 is 10.6 Å².